The number of nitrogens with one attached hydrogen (secondary N) is 1. The number of hydrogen-bond donors (Lipinski definition) is 2. The fourth-order valence-electron chi connectivity index (χ4n) is 1.58. The lowest BCUT2D eigenvalue weighted by Crippen LogP contribution is -2.35. The highest BCUT2D eigenvalue weighted by molar-refractivity contribution is 5.94. The number of rotatable bonds is 5. The molecule has 0 saturated heterocycles. The highest BCUT2D eigenvalue weighted by atomic mass is 19.4. The number of carbonyl (C=O) groups is 1. The van der Waals surface area contributed by atoms with Crippen LogP contribution in [0.1, 0.15) is 31.7 Å². The van der Waals surface area contributed by atoms with Crippen molar-refractivity contribution in [1.82, 2.24) is 0 Å². The summed E-state index contributed by atoms with van der Waals surface area (Å²) in [4.78, 5) is 11.6. The van der Waals surface area contributed by atoms with Crippen molar-refractivity contribution in [2.24, 2.45) is 5.73 Å². The molecule has 1 aromatic carbocycles. The normalized spacial score (nSPS) is 13.1. The molecule has 7 heteroatoms. The van der Waals surface area contributed by atoms with E-state index in [1.54, 1.807) is 0 Å². The Morgan fingerprint density at radius 1 is 1.40 bits per heavy atom. The summed E-state index contributed by atoms with van der Waals surface area (Å²) in [7, 11) is 0. The Hall–Kier alpha value is -1.63. The molecule has 0 bridgehead atoms. The lowest BCUT2D eigenvalue weighted by molar-refractivity contribution is -0.137. The summed E-state index contributed by atoms with van der Waals surface area (Å²) < 4.78 is 50.9. The van der Waals surface area contributed by atoms with Gasteiger partial charge in [0.25, 0.3) is 0 Å². The number of benzene rings is 1. The van der Waals surface area contributed by atoms with Crippen LogP contribution in [-0.2, 0) is 11.0 Å². The second kappa shape index (κ2) is 6.69. The maximum Gasteiger partial charge on any atom is 0.416 e. The van der Waals surface area contributed by atoms with Crippen LogP contribution >= 0.6 is 0 Å². The van der Waals surface area contributed by atoms with Crippen molar-refractivity contribution < 1.29 is 22.4 Å². The van der Waals surface area contributed by atoms with E-state index in [4.69, 9.17) is 5.73 Å². The van der Waals surface area contributed by atoms with Gasteiger partial charge in [-0.15, -0.1) is 0 Å². The van der Waals surface area contributed by atoms with Gasteiger partial charge in [0.15, 0.2) is 0 Å². The van der Waals surface area contributed by atoms with Crippen molar-refractivity contribution in [3.05, 3.63) is 29.6 Å². The maximum atomic E-state index is 13.4. The van der Waals surface area contributed by atoms with Crippen LogP contribution in [0.15, 0.2) is 18.2 Å². The summed E-state index contributed by atoms with van der Waals surface area (Å²) in [6.45, 7) is 1.91. The van der Waals surface area contributed by atoms with E-state index >= 15 is 0 Å². The quantitative estimate of drug-likeness (QED) is 0.818. The molecule has 0 heterocycles. The number of hydrogen-bond acceptors (Lipinski definition) is 2. The first kappa shape index (κ1) is 16.4. The molecule has 112 valence electrons. The molecule has 0 fully saturated rings. The minimum Gasteiger partial charge on any atom is -0.322 e. The summed E-state index contributed by atoms with van der Waals surface area (Å²) in [5, 5.41) is 2.09. The molecule has 0 aliphatic carbocycles. The predicted molar refractivity (Wildman–Crippen MR) is 67.5 cm³/mol. The summed E-state index contributed by atoms with van der Waals surface area (Å²) in [5.41, 5.74) is 4.02. The Labute approximate surface area is 114 Å². The van der Waals surface area contributed by atoms with Gasteiger partial charge in [-0.1, -0.05) is 19.8 Å². The number of unbranched alkanes of at least 4 members (excludes halogenated alkanes) is 1. The van der Waals surface area contributed by atoms with E-state index in [1.165, 1.54) is 0 Å². The molecule has 1 atom stereocenters. The smallest absolute Gasteiger partial charge is 0.322 e. The molecule has 20 heavy (non-hydrogen) atoms. The van der Waals surface area contributed by atoms with E-state index in [1.807, 2.05) is 6.92 Å². The monoisotopic (exact) mass is 292 g/mol. The molecule has 1 unspecified atom stereocenters. The van der Waals surface area contributed by atoms with E-state index in [0.29, 0.717) is 31.0 Å². The zero-order chi connectivity index (χ0) is 15.3. The fraction of sp³-hybridized carbons (Fsp3) is 0.462. The van der Waals surface area contributed by atoms with Gasteiger partial charge in [-0.3, -0.25) is 4.79 Å². The van der Waals surface area contributed by atoms with E-state index < -0.39 is 35.2 Å². The molecule has 3 nitrogen and oxygen atoms in total. The van der Waals surface area contributed by atoms with E-state index in [9.17, 15) is 22.4 Å². The first-order chi connectivity index (χ1) is 9.25. The van der Waals surface area contributed by atoms with Gasteiger partial charge in [0.05, 0.1) is 17.3 Å². The van der Waals surface area contributed by atoms with E-state index in [2.05, 4.69) is 5.32 Å². The first-order valence-corrected chi connectivity index (χ1v) is 6.19. The van der Waals surface area contributed by atoms with Crippen LogP contribution in [0, 0.1) is 5.82 Å². The molecule has 0 aromatic heterocycles. The van der Waals surface area contributed by atoms with Crippen molar-refractivity contribution in [3.63, 3.8) is 0 Å². The molecule has 0 aliphatic heterocycles. The number of nitrogens with two attached hydrogens (primary N) is 1. The number of alkyl halides is 3. The van der Waals surface area contributed by atoms with Gasteiger partial charge < -0.3 is 11.1 Å². The largest absolute Gasteiger partial charge is 0.416 e. The average molecular weight is 292 g/mol. The van der Waals surface area contributed by atoms with Crippen LogP contribution in [0.25, 0.3) is 0 Å². The lowest BCUT2D eigenvalue weighted by atomic mass is 10.1. The Bertz CT molecular complexity index is 474. The van der Waals surface area contributed by atoms with Crippen molar-refractivity contribution in [1.29, 1.82) is 0 Å². The average Bonchev–Trinajstić information content (AvgIpc) is 2.37. The number of carbonyl (C=O) groups excluding carboxylic acids is 1. The van der Waals surface area contributed by atoms with Gasteiger partial charge >= 0.3 is 6.18 Å². The molecule has 0 aliphatic rings. The van der Waals surface area contributed by atoms with Crippen LogP contribution in [0.4, 0.5) is 23.2 Å². The molecule has 3 N–H and O–H groups in total. The lowest BCUT2D eigenvalue weighted by Gasteiger charge is -2.14. The third-order valence-electron chi connectivity index (χ3n) is 2.76. The summed E-state index contributed by atoms with van der Waals surface area (Å²) in [5.74, 6) is -1.63. The van der Waals surface area contributed by atoms with Crippen LogP contribution < -0.4 is 11.1 Å². The second-order valence-corrected chi connectivity index (χ2v) is 4.43. The Kier molecular flexibility index (Phi) is 5.50. The van der Waals surface area contributed by atoms with Crippen molar-refractivity contribution >= 4 is 11.6 Å². The molecular weight excluding hydrogens is 276 g/mol. The minimum absolute atomic E-state index is 0.392. The predicted octanol–water partition coefficient (Wildman–Crippen LogP) is 3.30. The number of anilines is 1. The van der Waals surface area contributed by atoms with Gasteiger partial charge in [-0.25, -0.2) is 4.39 Å². The first-order valence-electron chi connectivity index (χ1n) is 6.19. The van der Waals surface area contributed by atoms with Gasteiger partial charge in [-0.2, -0.15) is 13.2 Å². The van der Waals surface area contributed by atoms with Crippen LogP contribution in [-0.4, -0.2) is 11.9 Å². The van der Waals surface area contributed by atoms with Crippen LogP contribution in [0.5, 0.6) is 0 Å². The van der Waals surface area contributed by atoms with Crippen LogP contribution in [0.3, 0.4) is 0 Å². The van der Waals surface area contributed by atoms with E-state index in [-0.39, 0.29) is 0 Å². The fourth-order valence-corrected chi connectivity index (χ4v) is 1.58. The summed E-state index contributed by atoms with van der Waals surface area (Å²) in [6, 6.07) is 0.960. The topological polar surface area (TPSA) is 55.1 Å². The molecule has 0 radical (unpaired) electrons. The number of halogens is 4. The van der Waals surface area contributed by atoms with Gasteiger partial charge in [-0.05, 0) is 24.6 Å². The molecular formula is C13H16F4N2O. The van der Waals surface area contributed by atoms with Gasteiger partial charge in [0.1, 0.15) is 5.82 Å². The molecule has 1 aromatic rings. The van der Waals surface area contributed by atoms with Crippen LogP contribution in [0.2, 0.25) is 0 Å². The minimum atomic E-state index is -4.60. The second-order valence-electron chi connectivity index (χ2n) is 4.43. The summed E-state index contributed by atoms with van der Waals surface area (Å²) in [6.07, 6.45) is -2.67. The third kappa shape index (κ3) is 4.48. The number of amides is 1. The van der Waals surface area contributed by atoms with Gasteiger partial charge in [0, 0.05) is 0 Å². The molecule has 0 saturated carbocycles. The summed E-state index contributed by atoms with van der Waals surface area (Å²) >= 11 is 0. The Balaban J connectivity index is 2.84. The highest BCUT2D eigenvalue weighted by Crippen LogP contribution is 2.31. The highest BCUT2D eigenvalue weighted by Gasteiger charge is 2.31. The standard InChI is InChI=1S/C13H16F4N2O/c1-2-3-4-10(18)12(20)19-11-7-8(13(15,16)17)5-6-9(11)14/h5-7,10H,2-4,18H2,1H3,(H,19,20). The Morgan fingerprint density at radius 2 is 2.05 bits per heavy atom. The molecule has 1 rings (SSSR count). The maximum absolute atomic E-state index is 13.4. The third-order valence-corrected chi connectivity index (χ3v) is 2.76. The van der Waals surface area contributed by atoms with Crippen molar-refractivity contribution in [2.45, 2.75) is 38.4 Å². The molecule has 0 spiro atoms. The zero-order valence-electron chi connectivity index (χ0n) is 10.9. The molecule has 1 amide bonds. The van der Waals surface area contributed by atoms with Crippen molar-refractivity contribution in [2.75, 3.05) is 5.32 Å². The van der Waals surface area contributed by atoms with Crippen molar-refractivity contribution in [3.8, 4) is 0 Å². The van der Waals surface area contributed by atoms with E-state index in [0.717, 1.165) is 6.42 Å². The van der Waals surface area contributed by atoms with Gasteiger partial charge in [0.2, 0.25) is 5.91 Å². The SMILES string of the molecule is CCCCC(N)C(=O)Nc1cc(C(F)(F)F)ccc1F. The zero-order valence-corrected chi connectivity index (χ0v) is 10.9. The Morgan fingerprint density at radius 3 is 2.60 bits per heavy atom.